The Bertz CT molecular complexity index is 521. The number of methoxy groups -OCH3 is 1. The van der Waals surface area contributed by atoms with Crippen LogP contribution in [0, 0.1) is 6.92 Å². The largest absolute Gasteiger partial charge is 0.497 e. The van der Waals surface area contributed by atoms with E-state index in [-0.39, 0.29) is 0 Å². The minimum Gasteiger partial charge on any atom is -0.497 e. The second kappa shape index (κ2) is 5.26. The standard InChI is InChI=1S/C12H17NO4S/c1-10-9-11(16-2)3-4-12(10)18(14,15)13-5-7-17-8-6-13/h3-4,9H,5-8H2,1-2H3. The molecule has 2 rings (SSSR count). The zero-order valence-electron chi connectivity index (χ0n) is 10.5. The van der Waals surface area contributed by atoms with Gasteiger partial charge in [0, 0.05) is 13.1 Å². The van der Waals surface area contributed by atoms with Crippen LogP contribution in [0.25, 0.3) is 0 Å². The van der Waals surface area contributed by atoms with Crippen LogP contribution in [0.15, 0.2) is 23.1 Å². The molecule has 0 atom stereocenters. The summed E-state index contributed by atoms with van der Waals surface area (Å²) >= 11 is 0. The van der Waals surface area contributed by atoms with Gasteiger partial charge in [0.1, 0.15) is 5.75 Å². The van der Waals surface area contributed by atoms with E-state index in [1.807, 2.05) is 0 Å². The van der Waals surface area contributed by atoms with Crippen molar-refractivity contribution in [1.29, 1.82) is 0 Å². The maximum atomic E-state index is 12.4. The summed E-state index contributed by atoms with van der Waals surface area (Å²) in [5.74, 6) is 0.661. The third kappa shape index (κ3) is 2.50. The topological polar surface area (TPSA) is 55.8 Å². The summed E-state index contributed by atoms with van der Waals surface area (Å²) in [4.78, 5) is 0.338. The molecular weight excluding hydrogens is 254 g/mol. The number of benzene rings is 1. The summed E-state index contributed by atoms with van der Waals surface area (Å²) in [6.07, 6.45) is 0. The van der Waals surface area contributed by atoms with E-state index in [1.54, 1.807) is 32.2 Å². The number of nitrogens with zero attached hydrogens (tertiary/aromatic N) is 1. The molecule has 0 bridgehead atoms. The van der Waals surface area contributed by atoms with Crippen LogP contribution >= 0.6 is 0 Å². The second-order valence-corrected chi connectivity index (χ2v) is 6.05. The van der Waals surface area contributed by atoms with E-state index in [0.29, 0.717) is 42.5 Å². The highest BCUT2D eigenvalue weighted by Gasteiger charge is 2.27. The summed E-state index contributed by atoms with van der Waals surface area (Å²) in [5, 5.41) is 0. The molecule has 0 aromatic heterocycles. The predicted octanol–water partition coefficient (Wildman–Crippen LogP) is 1.02. The van der Waals surface area contributed by atoms with Crippen LogP contribution < -0.4 is 4.74 Å². The van der Waals surface area contributed by atoms with Gasteiger partial charge in [-0.25, -0.2) is 8.42 Å². The molecule has 5 nitrogen and oxygen atoms in total. The first-order valence-corrected chi connectivity index (χ1v) is 7.22. The van der Waals surface area contributed by atoms with Gasteiger partial charge in [-0.3, -0.25) is 0 Å². The first-order valence-electron chi connectivity index (χ1n) is 5.78. The van der Waals surface area contributed by atoms with Crippen molar-refractivity contribution >= 4 is 10.0 Å². The number of rotatable bonds is 3. The Labute approximate surface area is 107 Å². The minimum atomic E-state index is -3.42. The molecule has 1 heterocycles. The van der Waals surface area contributed by atoms with Gasteiger partial charge in [-0.2, -0.15) is 4.31 Å². The molecule has 100 valence electrons. The summed E-state index contributed by atoms with van der Waals surface area (Å²) in [5.41, 5.74) is 0.695. The summed E-state index contributed by atoms with van der Waals surface area (Å²) in [7, 11) is -1.86. The first-order chi connectivity index (χ1) is 8.55. The lowest BCUT2D eigenvalue weighted by Crippen LogP contribution is -2.40. The quantitative estimate of drug-likeness (QED) is 0.824. The summed E-state index contributed by atoms with van der Waals surface area (Å²) in [6, 6.07) is 4.99. The van der Waals surface area contributed by atoms with Crippen molar-refractivity contribution in [1.82, 2.24) is 4.31 Å². The maximum Gasteiger partial charge on any atom is 0.243 e. The fourth-order valence-electron chi connectivity index (χ4n) is 1.96. The van der Waals surface area contributed by atoms with Gasteiger partial charge < -0.3 is 9.47 Å². The Morgan fingerprint density at radius 1 is 1.28 bits per heavy atom. The van der Waals surface area contributed by atoms with Crippen molar-refractivity contribution in [2.45, 2.75) is 11.8 Å². The van der Waals surface area contributed by atoms with Gasteiger partial charge >= 0.3 is 0 Å². The van der Waals surface area contributed by atoms with E-state index in [1.165, 1.54) is 4.31 Å². The Hall–Kier alpha value is -1.11. The number of sulfonamides is 1. The monoisotopic (exact) mass is 271 g/mol. The van der Waals surface area contributed by atoms with E-state index < -0.39 is 10.0 Å². The number of morpholine rings is 1. The average molecular weight is 271 g/mol. The van der Waals surface area contributed by atoms with Gasteiger partial charge in [-0.1, -0.05) is 0 Å². The summed E-state index contributed by atoms with van der Waals surface area (Å²) in [6.45, 7) is 3.50. The van der Waals surface area contributed by atoms with Crippen molar-refractivity contribution in [3.8, 4) is 5.75 Å². The normalized spacial score (nSPS) is 17.7. The van der Waals surface area contributed by atoms with Crippen LogP contribution in [0.1, 0.15) is 5.56 Å². The second-order valence-electron chi connectivity index (χ2n) is 4.15. The average Bonchev–Trinajstić information content (AvgIpc) is 2.39. The van der Waals surface area contributed by atoms with Gasteiger partial charge in [0.2, 0.25) is 10.0 Å². The molecule has 1 aromatic rings. The lowest BCUT2D eigenvalue weighted by molar-refractivity contribution is 0.0730. The molecule has 0 N–H and O–H groups in total. The van der Waals surface area contributed by atoms with Crippen LogP contribution in [0.5, 0.6) is 5.75 Å². The fourth-order valence-corrected chi connectivity index (χ4v) is 3.58. The highest BCUT2D eigenvalue weighted by molar-refractivity contribution is 7.89. The third-order valence-corrected chi connectivity index (χ3v) is 5.03. The predicted molar refractivity (Wildman–Crippen MR) is 67.3 cm³/mol. The van der Waals surface area contributed by atoms with E-state index in [0.717, 1.165) is 0 Å². The Balaban J connectivity index is 2.34. The number of aryl methyl sites for hydroxylation is 1. The van der Waals surface area contributed by atoms with Crippen LogP contribution in [0.2, 0.25) is 0 Å². The van der Waals surface area contributed by atoms with Crippen LogP contribution in [0.4, 0.5) is 0 Å². The van der Waals surface area contributed by atoms with Crippen molar-refractivity contribution in [2.75, 3.05) is 33.4 Å². The van der Waals surface area contributed by atoms with Gasteiger partial charge in [-0.05, 0) is 30.7 Å². The molecule has 1 saturated heterocycles. The van der Waals surface area contributed by atoms with Crippen LogP contribution in [0.3, 0.4) is 0 Å². The molecule has 0 radical (unpaired) electrons. The molecule has 0 saturated carbocycles. The number of ether oxygens (including phenoxy) is 2. The Morgan fingerprint density at radius 2 is 1.94 bits per heavy atom. The zero-order valence-corrected chi connectivity index (χ0v) is 11.4. The van der Waals surface area contributed by atoms with E-state index in [9.17, 15) is 8.42 Å². The maximum absolute atomic E-state index is 12.4. The highest BCUT2D eigenvalue weighted by Crippen LogP contribution is 2.24. The summed E-state index contributed by atoms with van der Waals surface area (Å²) < 4.78 is 36.6. The van der Waals surface area contributed by atoms with Crippen LogP contribution in [-0.2, 0) is 14.8 Å². The third-order valence-electron chi connectivity index (χ3n) is 2.97. The molecule has 6 heteroatoms. The molecular formula is C12H17NO4S. The number of hydrogen-bond donors (Lipinski definition) is 0. The van der Waals surface area contributed by atoms with Crippen molar-refractivity contribution < 1.29 is 17.9 Å². The van der Waals surface area contributed by atoms with Crippen molar-refractivity contribution in [2.24, 2.45) is 0 Å². The molecule has 1 aliphatic rings. The van der Waals surface area contributed by atoms with E-state index >= 15 is 0 Å². The zero-order chi connectivity index (χ0) is 13.2. The smallest absolute Gasteiger partial charge is 0.243 e. The van der Waals surface area contributed by atoms with Crippen LogP contribution in [-0.4, -0.2) is 46.1 Å². The van der Waals surface area contributed by atoms with Crippen molar-refractivity contribution in [3.05, 3.63) is 23.8 Å². The SMILES string of the molecule is COc1ccc(S(=O)(=O)N2CCOCC2)c(C)c1. The molecule has 0 aliphatic carbocycles. The van der Waals surface area contributed by atoms with Gasteiger partial charge in [0.15, 0.2) is 0 Å². The lowest BCUT2D eigenvalue weighted by atomic mass is 10.2. The first kappa shape index (κ1) is 13.3. The Kier molecular flexibility index (Phi) is 3.89. The molecule has 18 heavy (non-hydrogen) atoms. The molecule has 0 unspecified atom stereocenters. The Morgan fingerprint density at radius 3 is 2.50 bits per heavy atom. The van der Waals surface area contributed by atoms with Crippen molar-refractivity contribution in [3.63, 3.8) is 0 Å². The fraction of sp³-hybridized carbons (Fsp3) is 0.500. The minimum absolute atomic E-state index is 0.338. The van der Waals surface area contributed by atoms with Gasteiger partial charge in [0.05, 0.1) is 25.2 Å². The highest BCUT2D eigenvalue weighted by atomic mass is 32.2. The van der Waals surface area contributed by atoms with E-state index in [2.05, 4.69) is 0 Å². The lowest BCUT2D eigenvalue weighted by Gasteiger charge is -2.26. The molecule has 0 spiro atoms. The molecule has 1 aromatic carbocycles. The van der Waals surface area contributed by atoms with Gasteiger partial charge in [0.25, 0.3) is 0 Å². The molecule has 1 aliphatic heterocycles. The number of hydrogen-bond acceptors (Lipinski definition) is 4. The van der Waals surface area contributed by atoms with E-state index in [4.69, 9.17) is 9.47 Å². The molecule has 1 fully saturated rings. The molecule has 0 amide bonds. The van der Waals surface area contributed by atoms with Gasteiger partial charge in [-0.15, -0.1) is 0 Å².